The maximum absolute atomic E-state index is 3.49. The summed E-state index contributed by atoms with van der Waals surface area (Å²) in [5.74, 6) is 0.734. The Morgan fingerprint density at radius 2 is 1.40 bits per heavy atom. The summed E-state index contributed by atoms with van der Waals surface area (Å²) < 4.78 is 0. The minimum absolute atomic E-state index is 0.734. The van der Waals surface area contributed by atoms with Crippen LogP contribution in [0.5, 0.6) is 0 Å². The molecule has 114 valence electrons. The Kier molecular flexibility index (Phi) is 9.35. The van der Waals surface area contributed by atoms with E-state index in [4.69, 9.17) is 0 Å². The quantitative estimate of drug-likeness (QED) is 0.605. The summed E-state index contributed by atoms with van der Waals surface area (Å²) in [5.41, 5.74) is 2.87. The van der Waals surface area contributed by atoms with Crippen molar-refractivity contribution in [2.75, 3.05) is 26.2 Å². The zero-order chi connectivity index (χ0) is 14.6. The molecule has 2 heteroatoms. The highest BCUT2D eigenvalue weighted by Crippen LogP contribution is 2.05. The average molecular weight is 276 g/mol. The van der Waals surface area contributed by atoms with Gasteiger partial charge in [0.15, 0.2) is 0 Å². The highest BCUT2D eigenvalue weighted by atomic mass is 14.8. The van der Waals surface area contributed by atoms with Gasteiger partial charge >= 0.3 is 0 Å². The molecular formula is C18H32N2. The number of benzene rings is 1. The molecule has 1 aromatic rings. The Morgan fingerprint density at radius 1 is 0.850 bits per heavy atom. The summed E-state index contributed by atoms with van der Waals surface area (Å²) in [6, 6.07) is 9.11. The summed E-state index contributed by atoms with van der Waals surface area (Å²) in [7, 11) is 0. The first kappa shape index (κ1) is 17.2. The zero-order valence-electron chi connectivity index (χ0n) is 13.5. The lowest BCUT2D eigenvalue weighted by atomic mass is 10.1. The Hall–Kier alpha value is -0.860. The molecule has 1 rings (SSSR count). The van der Waals surface area contributed by atoms with Crippen molar-refractivity contribution in [3.05, 3.63) is 35.4 Å². The van der Waals surface area contributed by atoms with Gasteiger partial charge in [-0.2, -0.15) is 0 Å². The molecule has 0 aromatic heterocycles. The second-order valence-corrected chi connectivity index (χ2v) is 6.02. The molecule has 0 fully saturated rings. The summed E-state index contributed by atoms with van der Waals surface area (Å²) in [5, 5.41) is 6.98. The fraction of sp³-hybridized carbons (Fsp3) is 0.667. The molecule has 0 radical (unpaired) electrons. The molecule has 0 unspecified atom stereocenters. The predicted molar refractivity (Wildman–Crippen MR) is 89.3 cm³/mol. The molecule has 0 saturated carbocycles. The van der Waals surface area contributed by atoms with Gasteiger partial charge in [-0.3, -0.25) is 0 Å². The minimum Gasteiger partial charge on any atom is -0.316 e. The molecular weight excluding hydrogens is 244 g/mol. The van der Waals surface area contributed by atoms with Crippen molar-refractivity contribution in [2.24, 2.45) is 5.92 Å². The van der Waals surface area contributed by atoms with Crippen LogP contribution in [-0.2, 0) is 12.8 Å². The molecule has 0 aliphatic rings. The van der Waals surface area contributed by atoms with Crippen molar-refractivity contribution in [3.63, 3.8) is 0 Å². The van der Waals surface area contributed by atoms with Crippen molar-refractivity contribution in [3.8, 4) is 0 Å². The molecule has 0 aliphatic heterocycles. The lowest BCUT2D eigenvalue weighted by Crippen LogP contribution is -2.22. The van der Waals surface area contributed by atoms with E-state index in [1.165, 1.54) is 24.0 Å². The molecule has 0 aliphatic carbocycles. The van der Waals surface area contributed by atoms with E-state index in [1.54, 1.807) is 0 Å². The van der Waals surface area contributed by atoms with Gasteiger partial charge in [0.25, 0.3) is 0 Å². The number of hydrogen-bond acceptors (Lipinski definition) is 2. The SMILES string of the molecule is CCCCNCCc1ccc(CCNCC(C)C)cc1. The van der Waals surface area contributed by atoms with E-state index in [0.29, 0.717) is 0 Å². The van der Waals surface area contributed by atoms with E-state index in [1.807, 2.05) is 0 Å². The van der Waals surface area contributed by atoms with Gasteiger partial charge in [-0.25, -0.2) is 0 Å². The summed E-state index contributed by atoms with van der Waals surface area (Å²) >= 11 is 0. The van der Waals surface area contributed by atoms with Crippen molar-refractivity contribution >= 4 is 0 Å². The minimum atomic E-state index is 0.734. The molecule has 0 bridgehead atoms. The summed E-state index contributed by atoms with van der Waals surface area (Å²) in [6.07, 6.45) is 4.81. The van der Waals surface area contributed by atoms with E-state index in [-0.39, 0.29) is 0 Å². The molecule has 0 atom stereocenters. The summed E-state index contributed by atoms with van der Waals surface area (Å²) in [4.78, 5) is 0. The number of rotatable bonds is 11. The van der Waals surface area contributed by atoms with Gasteiger partial charge in [-0.1, -0.05) is 51.5 Å². The molecule has 2 N–H and O–H groups in total. The van der Waals surface area contributed by atoms with Crippen LogP contribution in [0.4, 0.5) is 0 Å². The van der Waals surface area contributed by atoms with Crippen LogP contribution in [0.2, 0.25) is 0 Å². The predicted octanol–water partition coefficient (Wildman–Crippen LogP) is 3.41. The Bertz CT molecular complexity index is 330. The van der Waals surface area contributed by atoms with E-state index < -0.39 is 0 Å². The first-order valence-corrected chi connectivity index (χ1v) is 8.21. The monoisotopic (exact) mass is 276 g/mol. The van der Waals surface area contributed by atoms with E-state index in [2.05, 4.69) is 55.7 Å². The highest BCUT2D eigenvalue weighted by molar-refractivity contribution is 5.23. The van der Waals surface area contributed by atoms with Crippen LogP contribution < -0.4 is 10.6 Å². The molecule has 0 amide bonds. The third-order valence-electron chi connectivity index (χ3n) is 3.46. The molecule has 0 saturated heterocycles. The first-order chi connectivity index (χ1) is 9.72. The molecule has 0 heterocycles. The smallest absolute Gasteiger partial charge is 0.000824 e. The van der Waals surface area contributed by atoms with Crippen LogP contribution in [0, 0.1) is 5.92 Å². The number of nitrogens with one attached hydrogen (secondary N) is 2. The van der Waals surface area contributed by atoms with Crippen molar-refractivity contribution in [1.29, 1.82) is 0 Å². The van der Waals surface area contributed by atoms with E-state index >= 15 is 0 Å². The lowest BCUT2D eigenvalue weighted by molar-refractivity contribution is 0.554. The van der Waals surface area contributed by atoms with Crippen molar-refractivity contribution in [1.82, 2.24) is 10.6 Å². The molecule has 2 nitrogen and oxygen atoms in total. The van der Waals surface area contributed by atoms with Gasteiger partial charge in [0.1, 0.15) is 0 Å². The Morgan fingerprint density at radius 3 is 1.90 bits per heavy atom. The van der Waals surface area contributed by atoms with Crippen LogP contribution in [0.25, 0.3) is 0 Å². The number of hydrogen-bond donors (Lipinski definition) is 2. The summed E-state index contributed by atoms with van der Waals surface area (Å²) in [6.45, 7) is 11.2. The van der Waals surface area contributed by atoms with Crippen molar-refractivity contribution in [2.45, 2.75) is 46.5 Å². The highest BCUT2D eigenvalue weighted by Gasteiger charge is 1.97. The van der Waals surface area contributed by atoms with Gasteiger partial charge in [-0.05, 0) is 62.5 Å². The first-order valence-electron chi connectivity index (χ1n) is 8.21. The van der Waals surface area contributed by atoms with Gasteiger partial charge in [0.2, 0.25) is 0 Å². The third kappa shape index (κ3) is 8.34. The molecule has 0 spiro atoms. The van der Waals surface area contributed by atoms with E-state index in [0.717, 1.165) is 44.9 Å². The topological polar surface area (TPSA) is 24.1 Å². The van der Waals surface area contributed by atoms with Crippen LogP contribution in [0.1, 0.15) is 44.7 Å². The maximum atomic E-state index is 3.49. The van der Waals surface area contributed by atoms with Crippen LogP contribution in [-0.4, -0.2) is 26.2 Å². The van der Waals surface area contributed by atoms with Crippen molar-refractivity contribution < 1.29 is 0 Å². The largest absolute Gasteiger partial charge is 0.316 e. The van der Waals surface area contributed by atoms with Crippen LogP contribution in [0.3, 0.4) is 0 Å². The Labute approximate surface area is 125 Å². The van der Waals surface area contributed by atoms with Crippen LogP contribution in [0.15, 0.2) is 24.3 Å². The fourth-order valence-electron chi connectivity index (χ4n) is 2.16. The van der Waals surface area contributed by atoms with Gasteiger partial charge in [-0.15, -0.1) is 0 Å². The van der Waals surface area contributed by atoms with E-state index in [9.17, 15) is 0 Å². The van der Waals surface area contributed by atoms with Gasteiger partial charge in [0.05, 0.1) is 0 Å². The second kappa shape index (κ2) is 10.9. The Balaban J connectivity index is 2.16. The standard InChI is InChI=1S/C18H32N2/c1-4-5-12-19-13-10-17-6-8-18(9-7-17)11-14-20-15-16(2)3/h6-9,16,19-20H,4-5,10-15H2,1-3H3. The molecule has 1 aromatic carbocycles. The van der Waals surface area contributed by atoms with Gasteiger partial charge < -0.3 is 10.6 Å². The maximum Gasteiger partial charge on any atom is -0.000824 e. The fourth-order valence-corrected chi connectivity index (χ4v) is 2.16. The molecule has 20 heavy (non-hydrogen) atoms. The second-order valence-electron chi connectivity index (χ2n) is 6.02. The zero-order valence-corrected chi connectivity index (χ0v) is 13.5. The normalized spacial score (nSPS) is 11.2. The lowest BCUT2D eigenvalue weighted by Gasteiger charge is -2.08. The third-order valence-corrected chi connectivity index (χ3v) is 3.46. The average Bonchev–Trinajstić information content (AvgIpc) is 2.44. The van der Waals surface area contributed by atoms with Crippen LogP contribution >= 0.6 is 0 Å². The van der Waals surface area contributed by atoms with Gasteiger partial charge in [0, 0.05) is 0 Å². The number of unbranched alkanes of at least 4 members (excludes halogenated alkanes) is 1.